The number of carbonyl (C=O) groups excluding carboxylic acids is 1. The van der Waals surface area contributed by atoms with E-state index in [0.717, 1.165) is 15.2 Å². The summed E-state index contributed by atoms with van der Waals surface area (Å²) >= 11 is 1.57. The van der Waals surface area contributed by atoms with E-state index in [1.165, 1.54) is 0 Å². The normalized spacial score (nSPS) is 11.0. The Morgan fingerprint density at radius 3 is 2.67 bits per heavy atom. The van der Waals surface area contributed by atoms with Crippen LogP contribution in [-0.4, -0.2) is 28.9 Å². The van der Waals surface area contributed by atoms with Crippen LogP contribution in [0, 0.1) is 0 Å². The highest BCUT2D eigenvalue weighted by Crippen LogP contribution is 2.31. The Bertz CT molecular complexity index is 738. The van der Waals surface area contributed by atoms with Crippen molar-refractivity contribution in [3.8, 4) is 10.8 Å². The molecule has 0 N–H and O–H groups in total. The van der Waals surface area contributed by atoms with Gasteiger partial charge in [-0.05, 0) is 38.1 Å². The molecular formula is C16H16N2O2S. The van der Waals surface area contributed by atoms with Gasteiger partial charge in [0.15, 0.2) is 16.5 Å². The van der Waals surface area contributed by atoms with Crippen LogP contribution in [0.5, 0.6) is 0 Å². The van der Waals surface area contributed by atoms with Gasteiger partial charge in [0.05, 0.1) is 10.2 Å². The molecule has 3 rings (SSSR count). The molecule has 2 aromatic heterocycles. The molecule has 108 valence electrons. The number of carbonyl (C=O) groups is 1. The van der Waals surface area contributed by atoms with Crippen molar-refractivity contribution in [1.82, 2.24) is 9.88 Å². The zero-order chi connectivity index (χ0) is 14.8. The molecule has 1 amide bonds. The maximum atomic E-state index is 12.2. The third-order valence-electron chi connectivity index (χ3n) is 3.37. The van der Waals surface area contributed by atoms with Gasteiger partial charge in [-0.25, -0.2) is 4.98 Å². The molecule has 5 heteroatoms. The predicted molar refractivity (Wildman–Crippen MR) is 84.6 cm³/mol. The third kappa shape index (κ3) is 2.56. The Morgan fingerprint density at radius 2 is 1.95 bits per heavy atom. The molecule has 1 aromatic carbocycles. The van der Waals surface area contributed by atoms with Crippen molar-refractivity contribution in [2.45, 2.75) is 13.8 Å². The molecule has 4 nitrogen and oxygen atoms in total. The van der Waals surface area contributed by atoms with E-state index in [2.05, 4.69) is 4.98 Å². The van der Waals surface area contributed by atoms with Gasteiger partial charge in [-0.15, -0.1) is 11.3 Å². The van der Waals surface area contributed by atoms with E-state index in [9.17, 15) is 4.79 Å². The fourth-order valence-electron chi connectivity index (χ4n) is 2.21. The van der Waals surface area contributed by atoms with Crippen LogP contribution in [0.4, 0.5) is 0 Å². The second-order valence-corrected chi connectivity index (χ2v) is 5.66. The van der Waals surface area contributed by atoms with E-state index in [1.807, 2.05) is 44.2 Å². The largest absolute Gasteiger partial charge is 0.448 e. The fraction of sp³-hybridized carbons (Fsp3) is 0.250. The van der Waals surface area contributed by atoms with Crippen molar-refractivity contribution in [2.75, 3.05) is 13.1 Å². The molecule has 2 heterocycles. The number of hydrogen-bond acceptors (Lipinski definition) is 4. The average molecular weight is 300 g/mol. The van der Waals surface area contributed by atoms with Gasteiger partial charge in [0.2, 0.25) is 0 Å². The van der Waals surface area contributed by atoms with Crippen molar-refractivity contribution in [3.05, 3.63) is 42.2 Å². The highest BCUT2D eigenvalue weighted by atomic mass is 32.1. The summed E-state index contributed by atoms with van der Waals surface area (Å²) in [5, 5.41) is 0.801. The molecule has 0 spiro atoms. The van der Waals surface area contributed by atoms with Gasteiger partial charge < -0.3 is 9.32 Å². The Morgan fingerprint density at radius 1 is 1.19 bits per heavy atom. The van der Waals surface area contributed by atoms with Gasteiger partial charge in [0.1, 0.15) is 0 Å². The Balaban J connectivity index is 1.92. The minimum atomic E-state index is -0.0765. The zero-order valence-electron chi connectivity index (χ0n) is 12.0. The number of para-hydroxylation sites is 1. The van der Waals surface area contributed by atoms with Crippen molar-refractivity contribution in [2.24, 2.45) is 0 Å². The van der Waals surface area contributed by atoms with Crippen LogP contribution in [-0.2, 0) is 0 Å². The summed E-state index contributed by atoms with van der Waals surface area (Å²) in [4.78, 5) is 18.5. The topological polar surface area (TPSA) is 46.3 Å². The van der Waals surface area contributed by atoms with Gasteiger partial charge in [0, 0.05) is 13.1 Å². The second kappa shape index (κ2) is 5.69. The first-order valence-corrected chi connectivity index (χ1v) is 7.79. The van der Waals surface area contributed by atoms with Crippen molar-refractivity contribution < 1.29 is 9.21 Å². The van der Waals surface area contributed by atoms with Crippen molar-refractivity contribution in [3.63, 3.8) is 0 Å². The van der Waals surface area contributed by atoms with Gasteiger partial charge >= 0.3 is 0 Å². The molecule has 0 unspecified atom stereocenters. The number of furan rings is 1. The summed E-state index contributed by atoms with van der Waals surface area (Å²) in [5.74, 6) is 0.937. The molecule has 0 saturated carbocycles. The number of hydrogen-bond donors (Lipinski definition) is 0. The lowest BCUT2D eigenvalue weighted by molar-refractivity contribution is 0.0742. The van der Waals surface area contributed by atoms with Crippen molar-refractivity contribution >= 4 is 27.5 Å². The lowest BCUT2D eigenvalue weighted by Crippen LogP contribution is -2.30. The number of nitrogens with zero attached hydrogens (tertiary/aromatic N) is 2. The first-order valence-electron chi connectivity index (χ1n) is 6.98. The lowest BCUT2D eigenvalue weighted by atomic mass is 10.3. The second-order valence-electron chi connectivity index (χ2n) is 4.63. The highest BCUT2D eigenvalue weighted by molar-refractivity contribution is 7.21. The number of thiazole rings is 1. The number of benzene rings is 1. The van der Waals surface area contributed by atoms with Crippen LogP contribution in [0.2, 0.25) is 0 Å². The number of rotatable bonds is 4. The smallest absolute Gasteiger partial charge is 0.289 e. The summed E-state index contributed by atoms with van der Waals surface area (Å²) in [5.41, 5.74) is 0.950. The molecule has 0 aliphatic heterocycles. The van der Waals surface area contributed by atoms with Crippen LogP contribution in [0.15, 0.2) is 40.8 Å². The minimum absolute atomic E-state index is 0.0765. The molecule has 3 aromatic rings. The average Bonchev–Trinajstić information content (AvgIpc) is 3.14. The maximum absolute atomic E-state index is 12.2. The first kappa shape index (κ1) is 13.8. The van der Waals surface area contributed by atoms with E-state index >= 15 is 0 Å². The summed E-state index contributed by atoms with van der Waals surface area (Å²) in [7, 11) is 0. The predicted octanol–water partition coefficient (Wildman–Crippen LogP) is 4.04. The summed E-state index contributed by atoms with van der Waals surface area (Å²) in [6.45, 7) is 5.26. The van der Waals surface area contributed by atoms with Crippen molar-refractivity contribution in [1.29, 1.82) is 0 Å². The SMILES string of the molecule is CCN(CC)C(=O)c1ccc(-c2nc3ccccc3s2)o1. The highest BCUT2D eigenvalue weighted by Gasteiger charge is 2.18. The van der Waals surface area contributed by atoms with E-state index in [-0.39, 0.29) is 5.91 Å². The molecule has 21 heavy (non-hydrogen) atoms. The molecular weight excluding hydrogens is 284 g/mol. The summed E-state index contributed by atoms with van der Waals surface area (Å²) in [6, 6.07) is 11.5. The van der Waals surface area contributed by atoms with Crippen LogP contribution >= 0.6 is 11.3 Å². The zero-order valence-corrected chi connectivity index (χ0v) is 12.8. The number of amides is 1. The van der Waals surface area contributed by atoms with Gasteiger partial charge in [-0.1, -0.05) is 12.1 Å². The Labute approximate surface area is 127 Å². The number of fused-ring (bicyclic) bond motifs is 1. The molecule has 0 saturated heterocycles. The third-order valence-corrected chi connectivity index (χ3v) is 4.42. The number of aromatic nitrogens is 1. The molecule has 0 aliphatic rings. The summed E-state index contributed by atoms with van der Waals surface area (Å²) < 4.78 is 6.81. The molecule has 0 aliphatic carbocycles. The lowest BCUT2D eigenvalue weighted by Gasteiger charge is -2.16. The van der Waals surface area contributed by atoms with E-state index < -0.39 is 0 Å². The van der Waals surface area contributed by atoms with Crippen LogP contribution in [0.25, 0.3) is 21.0 Å². The van der Waals surface area contributed by atoms with Crippen LogP contribution in [0.1, 0.15) is 24.4 Å². The minimum Gasteiger partial charge on any atom is -0.448 e. The van der Waals surface area contributed by atoms with Crippen LogP contribution < -0.4 is 0 Å². The van der Waals surface area contributed by atoms with Gasteiger partial charge in [0.25, 0.3) is 5.91 Å². The Kier molecular flexibility index (Phi) is 3.75. The fourth-order valence-corrected chi connectivity index (χ4v) is 3.14. The van der Waals surface area contributed by atoms with Gasteiger partial charge in [-0.3, -0.25) is 4.79 Å². The van der Waals surface area contributed by atoms with Crippen LogP contribution in [0.3, 0.4) is 0 Å². The molecule has 0 radical (unpaired) electrons. The Hall–Kier alpha value is -2.14. The molecule has 0 fully saturated rings. The summed E-state index contributed by atoms with van der Waals surface area (Å²) in [6.07, 6.45) is 0. The van der Waals surface area contributed by atoms with E-state index in [4.69, 9.17) is 4.42 Å². The van der Waals surface area contributed by atoms with E-state index in [0.29, 0.717) is 24.6 Å². The standard InChI is InChI=1S/C16H16N2O2S/c1-3-18(4-2)16(19)13-10-9-12(20-13)15-17-11-7-5-6-8-14(11)21-15/h5-10H,3-4H2,1-2H3. The quantitative estimate of drug-likeness (QED) is 0.730. The van der Waals surface area contributed by atoms with Gasteiger partial charge in [-0.2, -0.15) is 0 Å². The van der Waals surface area contributed by atoms with E-state index in [1.54, 1.807) is 22.3 Å². The molecule has 0 atom stereocenters. The first-order chi connectivity index (χ1) is 10.2. The molecule has 0 bridgehead atoms. The maximum Gasteiger partial charge on any atom is 0.289 e. The monoisotopic (exact) mass is 300 g/mol.